The molecular formula is C22H27F4N5O. The number of anilines is 2. The van der Waals surface area contributed by atoms with Crippen LogP contribution in [0.3, 0.4) is 0 Å². The minimum Gasteiger partial charge on any atom is -0.338 e. The van der Waals surface area contributed by atoms with Crippen molar-refractivity contribution in [2.45, 2.75) is 58.4 Å². The van der Waals surface area contributed by atoms with Crippen LogP contribution in [0.4, 0.5) is 29.1 Å². The molecule has 0 aliphatic heterocycles. The molecular weight excluding hydrogens is 426 g/mol. The lowest BCUT2D eigenvalue weighted by molar-refractivity contribution is -0.159. The number of nitrogens with one attached hydrogen (secondary N) is 3. The van der Waals surface area contributed by atoms with Gasteiger partial charge in [-0.05, 0) is 43.9 Å². The first-order chi connectivity index (χ1) is 15.1. The van der Waals surface area contributed by atoms with Crippen LogP contribution < -0.4 is 16.0 Å². The zero-order chi connectivity index (χ0) is 23.5. The van der Waals surface area contributed by atoms with Crippen molar-refractivity contribution in [1.29, 1.82) is 0 Å². The highest BCUT2D eigenvalue weighted by Gasteiger charge is 2.42. The molecule has 1 aliphatic rings. The smallest absolute Gasteiger partial charge is 0.338 e. The van der Waals surface area contributed by atoms with E-state index in [-0.39, 0.29) is 5.69 Å². The molecule has 1 aromatic carbocycles. The number of carbonyl (C=O) groups excluding carboxylic acids is 1. The Morgan fingerprint density at radius 1 is 1.28 bits per heavy atom. The molecule has 0 saturated heterocycles. The maximum atomic E-state index is 14.7. The summed E-state index contributed by atoms with van der Waals surface area (Å²) in [6, 6.07) is 1.01. The quantitative estimate of drug-likeness (QED) is 0.357. The van der Waals surface area contributed by atoms with Gasteiger partial charge in [-0.3, -0.25) is 9.48 Å². The van der Waals surface area contributed by atoms with Crippen molar-refractivity contribution in [3.63, 3.8) is 0 Å². The molecule has 1 unspecified atom stereocenters. The number of nitrogens with zero attached hydrogens (tertiary/aromatic N) is 2. The molecule has 3 rings (SSSR count). The number of hydrogen-bond donors (Lipinski definition) is 3. The van der Waals surface area contributed by atoms with E-state index in [0.29, 0.717) is 24.7 Å². The largest absolute Gasteiger partial charge is 0.408 e. The summed E-state index contributed by atoms with van der Waals surface area (Å²) < 4.78 is 56.8. The number of alkyl halides is 3. The molecule has 32 heavy (non-hydrogen) atoms. The number of benzene rings is 1. The number of rotatable bonds is 10. The fourth-order valence-electron chi connectivity index (χ4n) is 3.41. The van der Waals surface area contributed by atoms with Crippen LogP contribution in [-0.4, -0.2) is 28.4 Å². The summed E-state index contributed by atoms with van der Waals surface area (Å²) in [5, 5.41) is 12.4. The molecule has 1 aliphatic carbocycles. The molecule has 1 atom stereocenters. The van der Waals surface area contributed by atoms with E-state index in [9.17, 15) is 22.4 Å². The van der Waals surface area contributed by atoms with E-state index in [2.05, 4.69) is 21.0 Å². The Bertz CT molecular complexity index is 979. The summed E-state index contributed by atoms with van der Waals surface area (Å²) in [4.78, 5) is 10.5. The van der Waals surface area contributed by atoms with E-state index in [4.69, 9.17) is 0 Å². The molecule has 0 spiro atoms. The average Bonchev–Trinajstić information content (AvgIpc) is 3.47. The van der Waals surface area contributed by atoms with Crippen molar-refractivity contribution in [3.05, 3.63) is 47.0 Å². The number of carbonyl (C=O) groups is 1. The first-order valence-electron chi connectivity index (χ1n) is 10.4. The summed E-state index contributed by atoms with van der Waals surface area (Å²) in [6.07, 6.45) is 1.38. The second-order valence-corrected chi connectivity index (χ2v) is 8.26. The minimum absolute atomic E-state index is 0.289. The number of halogens is 4. The Balaban J connectivity index is 1.87. The zero-order valence-electron chi connectivity index (χ0n) is 18.1. The van der Waals surface area contributed by atoms with Crippen molar-refractivity contribution in [2.75, 3.05) is 5.32 Å². The van der Waals surface area contributed by atoms with E-state index in [1.165, 1.54) is 12.3 Å². The summed E-state index contributed by atoms with van der Waals surface area (Å²) in [6.45, 7) is 5.69. The van der Waals surface area contributed by atoms with Gasteiger partial charge in [0.15, 0.2) is 5.82 Å². The summed E-state index contributed by atoms with van der Waals surface area (Å²) in [5.74, 6) is 0.0462. The van der Waals surface area contributed by atoms with E-state index in [1.54, 1.807) is 19.9 Å². The van der Waals surface area contributed by atoms with Crippen LogP contribution >= 0.6 is 0 Å². The molecule has 2 aromatic rings. The van der Waals surface area contributed by atoms with Crippen molar-refractivity contribution in [1.82, 2.24) is 20.4 Å². The van der Waals surface area contributed by atoms with Crippen LogP contribution in [0.1, 0.15) is 49.6 Å². The molecule has 10 heteroatoms. The van der Waals surface area contributed by atoms with E-state index in [1.807, 2.05) is 11.6 Å². The van der Waals surface area contributed by atoms with Gasteiger partial charge in [-0.1, -0.05) is 19.9 Å². The second-order valence-electron chi connectivity index (χ2n) is 8.26. The molecule has 0 radical (unpaired) electrons. The van der Waals surface area contributed by atoms with Crippen molar-refractivity contribution in [3.8, 4) is 0 Å². The summed E-state index contributed by atoms with van der Waals surface area (Å²) in [7, 11) is 0. The normalized spacial score (nSPS) is 15.4. The average molecular weight is 453 g/mol. The Morgan fingerprint density at radius 2 is 2.00 bits per heavy atom. The molecule has 1 heterocycles. The summed E-state index contributed by atoms with van der Waals surface area (Å²) >= 11 is 0. The first kappa shape index (κ1) is 23.8. The topological polar surface area (TPSA) is 71.0 Å². The van der Waals surface area contributed by atoms with Gasteiger partial charge >= 0.3 is 6.18 Å². The van der Waals surface area contributed by atoms with Gasteiger partial charge in [0, 0.05) is 35.6 Å². The Hall–Kier alpha value is -2.88. The Morgan fingerprint density at radius 3 is 2.56 bits per heavy atom. The molecule has 3 N–H and O–H groups in total. The number of aromatic nitrogens is 2. The number of amides is 1. The van der Waals surface area contributed by atoms with Gasteiger partial charge in [-0.25, -0.2) is 4.39 Å². The third-order valence-corrected chi connectivity index (χ3v) is 5.17. The molecule has 6 nitrogen and oxygen atoms in total. The Labute approximate surface area is 184 Å². The van der Waals surface area contributed by atoms with Gasteiger partial charge in [0.05, 0.1) is 5.69 Å². The minimum atomic E-state index is -4.63. The second kappa shape index (κ2) is 9.72. The standard InChI is InChI=1S/C22H27F4N5O/c1-13(2)28-20(22(24,25)26)17-7-6-16(10-18(17)23)29-21-14(3)19(8-9-27-12-32)31(30-21)11-15-4-5-15/h6-10,12-13,15,20,28H,4-5,11H2,1-3H3,(H,27,32)(H,29,30)/b9-8-. The highest BCUT2D eigenvalue weighted by atomic mass is 19.4. The van der Waals surface area contributed by atoms with Crippen LogP contribution in [0.5, 0.6) is 0 Å². The van der Waals surface area contributed by atoms with Crippen molar-refractivity contribution in [2.24, 2.45) is 5.92 Å². The van der Waals surface area contributed by atoms with Crippen LogP contribution in [0.25, 0.3) is 6.08 Å². The van der Waals surface area contributed by atoms with Crippen molar-refractivity contribution >= 4 is 24.0 Å². The van der Waals surface area contributed by atoms with Crippen LogP contribution in [0.2, 0.25) is 0 Å². The Kier molecular flexibility index (Phi) is 7.22. The predicted molar refractivity (Wildman–Crippen MR) is 115 cm³/mol. The lowest BCUT2D eigenvalue weighted by atomic mass is 10.0. The molecule has 1 fully saturated rings. The molecule has 1 amide bonds. The molecule has 0 bridgehead atoms. The van der Waals surface area contributed by atoms with E-state index in [0.717, 1.165) is 36.2 Å². The van der Waals surface area contributed by atoms with Gasteiger partial charge < -0.3 is 16.0 Å². The monoisotopic (exact) mass is 453 g/mol. The third kappa shape index (κ3) is 5.87. The van der Waals surface area contributed by atoms with Gasteiger partial charge in [0.25, 0.3) is 0 Å². The van der Waals surface area contributed by atoms with Crippen LogP contribution in [-0.2, 0) is 11.3 Å². The zero-order valence-corrected chi connectivity index (χ0v) is 18.1. The third-order valence-electron chi connectivity index (χ3n) is 5.17. The lowest BCUT2D eigenvalue weighted by Gasteiger charge is -2.25. The lowest BCUT2D eigenvalue weighted by Crippen LogP contribution is -2.38. The predicted octanol–water partition coefficient (Wildman–Crippen LogP) is 4.80. The fourth-order valence-corrected chi connectivity index (χ4v) is 3.41. The van der Waals surface area contributed by atoms with Gasteiger partial charge in [-0.15, -0.1) is 0 Å². The molecule has 1 aromatic heterocycles. The maximum absolute atomic E-state index is 14.7. The van der Waals surface area contributed by atoms with E-state index < -0.39 is 29.6 Å². The van der Waals surface area contributed by atoms with E-state index >= 15 is 0 Å². The van der Waals surface area contributed by atoms with Crippen LogP contribution in [0.15, 0.2) is 24.4 Å². The molecule has 174 valence electrons. The van der Waals surface area contributed by atoms with Gasteiger partial charge in [-0.2, -0.15) is 18.3 Å². The van der Waals surface area contributed by atoms with Gasteiger partial charge in [0.1, 0.15) is 11.9 Å². The highest BCUT2D eigenvalue weighted by Crippen LogP contribution is 2.36. The van der Waals surface area contributed by atoms with Crippen molar-refractivity contribution < 1.29 is 22.4 Å². The van der Waals surface area contributed by atoms with Crippen LogP contribution in [0, 0.1) is 18.7 Å². The SMILES string of the molecule is Cc1c(Nc2ccc(C(NC(C)C)C(F)(F)F)c(F)c2)nn(CC2CC2)c1/C=C\NC=O. The fraction of sp³-hybridized carbons (Fsp3) is 0.455. The number of hydrogen-bond acceptors (Lipinski definition) is 4. The maximum Gasteiger partial charge on any atom is 0.408 e. The summed E-state index contributed by atoms with van der Waals surface area (Å²) in [5.41, 5.74) is 1.38. The molecule has 1 saturated carbocycles. The highest BCUT2D eigenvalue weighted by molar-refractivity contribution is 5.66. The van der Waals surface area contributed by atoms with Gasteiger partial charge in [0.2, 0.25) is 6.41 Å². The first-order valence-corrected chi connectivity index (χ1v) is 10.4.